The number of ketones is 1. The lowest BCUT2D eigenvalue weighted by molar-refractivity contribution is -0.139. The van der Waals surface area contributed by atoms with Gasteiger partial charge >= 0.3 is 12.1 Å². The van der Waals surface area contributed by atoms with Crippen LogP contribution in [0.5, 0.6) is 11.5 Å². The Hall–Kier alpha value is -3.95. The van der Waals surface area contributed by atoms with E-state index in [4.69, 9.17) is 19.9 Å². The highest BCUT2D eigenvalue weighted by molar-refractivity contribution is 6.05. The topological polar surface area (TPSA) is 91.1 Å². The molecule has 0 saturated carbocycles. The fourth-order valence-electron chi connectivity index (χ4n) is 5.01. The molecule has 0 aromatic heterocycles. The van der Waals surface area contributed by atoms with Crippen LogP contribution in [0.4, 0.5) is 18.9 Å². The number of benzene rings is 2. The molecule has 1 unspecified atom stereocenters. The van der Waals surface area contributed by atoms with Crippen molar-refractivity contribution in [3.05, 3.63) is 76.3 Å². The van der Waals surface area contributed by atoms with Crippen LogP contribution in [0.15, 0.2) is 65.1 Å². The number of anilines is 1. The Balaban J connectivity index is 1.78. The van der Waals surface area contributed by atoms with Gasteiger partial charge in [0.15, 0.2) is 17.3 Å². The van der Waals surface area contributed by atoms with Gasteiger partial charge in [0.05, 0.1) is 29.3 Å². The van der Waals surface area contributed by atoms with Gasteiger partial charge in [0.2, 0.25) is 6.79 Å². The number of Topliss-reactive ketones (excluding diaryl/α,β-unsaturated/α-hetero) is 1. The van der Waals surface area contributed by atoms with Gasteiger partial charge in [0.1, 0.15) is 5.82 Å². The van der Waals surface area contributed by atoms with E-state index in [1.165, 1.54) is 23.1 Å². The summed E-state index contributed by atoms with van der Waals surface area (Å²) >= 11 is 0. The second-order valence-corrected chi connectivity index (χ2v) is 8.55. The lowest BCUT2D eigenvalue weighted by atomic mass is 9.75. The summed E-state index contributed by atoms with van der Waals surface area (Å²) in [4.78, 5) is 27.8. The summed E-state index contributed by atoms with van der Waals surface area (Å²) in [5.41, 5.74) is 6.35. The molecule has 1 atom stereocenters. The zero-order valence-electron chi connectivity index (χ0n) is 19.4. The van der Waals surface area contributed by atoms with Gasteiger partial charge in [-0.3, -0.25) is 9.69 Å². The van der Waals surface area contributed by atoms with Crippen molar-refractivity contribution in [1.29, 1.82) is 0 Å². The lowest BCUT2D eigenvalue weighted by Gasteiger charge is -2.41. The monoisotopic (exact) mass is 500 g/mol. The Bertz CT molecular complexity index is 1310. The largest absolute Gasteiger partial charge is 0.463 e. The zero-order valence-corrected chi connectivity index (χ0v) is 19.4. The molecule has 2 heterocycles. The molecule has 0 spiro atoms. The minimum absolute atomic E-state index is 0.0163. The van der Waals surface area contributed by atoms with Crippen molar-refractivity contribution in [2.24, 2.45) is 5.73 Å². The first kappa shape index (κ1) is 23.8. The summed E-state index contributed by atoms with van der Waals surface area (Å²) in [5.74, 6) is -1.27. The van der Waals surface area contributed by atoms with E-state index in [1.807, 2.05) is 0 Å². The van der Waals surface area contributed by atoms with Crippen LogP contribution < -0.4 is 20.1 Å². The first-order valence-electron chi connectivity index (χ1n) is 11.5. The van der Waals surface area contributed by atoms with Gasteiger partial charge in [-0.1, -0.05) is 18.2 Å². The molecule has 10 heteroatoms. The molecule has 1 aliphatic carbocycles. The van der Waals surface area contributed by atoms with Crippen LogP contribution in [0.1, 0.15) is 43.2 Å². The molecular weight excluding hydrogens is 477 g/mol. The molecule has 3 aliphatic rings. The van der Waals surface area contributed by atoms with Gasteiger partial charge in [0.25, 0.3) is 0 Å². The van der Waals surface area contributed by atoms with Crippen molar-refractivity contribution in [3.8, 4) is 11.5 Å². The molecule has 0 bridgehead atoms. The van der Waals surface area contributed by atoms with Crippen LogP contribution in [0.3, 0.4) is 0 Å². The normalized spacial score (nSPS) is 19.5. The van der Waals surface area contributed by atoms with Gasteiger partial charge in [-0.05, 0) is 49.6 Å². The van der Waals surface area contributed by atoms with E-state index >= 15 is 0 Å². The summed E-state index contributed by atoms with van der Waals surface area (Å²) in [7, 11) is 0. The fourth-order valence-corrected chi connectivity index (χ4v) is 5.01. The van der Waals surface area contributed by atoms with E-state index < -0.39 is 23.6 Å². The third kappa shape index (κ3) is 3.86. The third-order valence-corrected chi connectivity index (χ3v) is 6.47. The number of carbonyl (C=O) groups is 2. The van der Waals surface area contributed by atoms with Crippen molar-refractivity contribution < 1.29 is 37.0 Å². The Kier molecular flexibility index (Phi) is 5.89. The summed E-state index contributed by atoms with van der Waals surface area (Å²) in [6, 6.07) is 9.97. The van der Waals surface area contributed by atoms with Gasteiger partial charge in [-0.25, -0.2) is 4.79 Å². The summed E-state index contributed by atoms with van der Waals surface area (Å²) < 4.78 is 58.1. The van der Waals surface area contributed by atoms with E-state index in [9.17, 15) is 22.8 Å². The second kappa shape index (κ2) is 8.92. The lowest BCUT2D eigenvalue weighted by Crippen LogP contribution is -2.41. The van der Waals surface area contributed by atoms with E-state index in [0.29, 0.717) is 35.6 Å². The number of allylic oxidation sites excluding steroid dienone is 2. The number of para-hydroxylation sites is 1. The first-order valence-corrected chi connectivity index (χ1v) is 11.5. The second-order valence-electron chi connectivity index (χ2n) is 8.55. The minimum Gasteiger partial charge on any atom is -0.463 e. The number of nitrogens with zero attached hydrogens (tertiary/aromatic N) is 1. The molecule has 188 valence electrons. The highest BCUT2D eigenvalue weighted by Crippen LogP contribution is 2.50. The van der Waals surface area contributed by atoms with Crippen molar-refractivity contribution in [2.75, 3.05) is 18.3 Å². The standard InChI is InChI=1S/C26H23F3N2O5/c1-2-34-25(33)23-21(14-10-11-19-20(12-14)36-13-35-19)22-17(8-5-9-18(22)32)31(24(23)30)16-7-4-3-6-15(16)26(27,28)29/h3-4,6-7,10-12,21H,2,5,8-9,13,30H2,1H3. The Morgan fingerprint density at radius 1 is 1.14 bits per heavy atom. The minimum atomic E-state index is -4.69. The van der Waals surface area contributed by atoms with Crippen LogP contribution >= 0.6 is 0 Å². The molecule has 0 amide bonds. The summed E-state index contributed by atoms with van der Waals surface area (Å²) in [6.45, 7) is 1.66. The Labute approximate surface area is 204 Å². The van der Waals surface area contributed by atoms with Gasteiger partial charge in [0, 0.05) is 17.7 Å². The highest BCUT2D eigenvalue weighted by atomic mass is 19.4. The third-order valence-electron chi connectivity index (χ3n) is 6.47. The number of esters is 1. The molecule has 0 radical (unpaired) electrons. The average Bonchev–Trinajstić information content (AvgIpc) is 3.31. The number of ether oxygens (including phenoxy) is 3. The SMILES string of the molecule is CCOC(=O)C1=C(N)N(c2ccccc2C(F)(F)F)C2=C(C(=O)CCC2)C1c1ccc2c(c1)OCO2. The number of hydrogen-bond acceptors (Lipinski definition) is 7. The van der Waals surface area contributed by atoms with Crippen molar-refractivity contribution >= 4 is 17.4 Å². The first-order chi connectivity index (χ1) is 17.2. The van der Waals surface area contributed by atoms with Crippen LogP contribution in [0.2, 0.25) is 0 Å². The molecule has 36 heavy (non-hydrogen) atoms. The summed E-state index contributed by atoms with van der Waals surface area (Å²) in [6.07, 6.45) is -3.73. The van der Waals surface area contributed by atoms with Crippen molar-refractivity contribution in [3.63, 3.8) is 0 Å². The molecule has 2 aromatic carbocycles. The van der Waals surface area contributed by atoms with Crippen LogP contribution in [0.25, 0.3) is 0 Å². The van der Waals surface area contributed by atoms with Crippen molar-refractivity contribution in [2.45, 2.75) is 38.3 Å². The summed E-state index contributed by atoms with van der Waals surface area (Å²) in [5, 5.41) is 0. The van der Waals surface area contributed by atoms with Crippen LogP contribution in [-0.4, -0.2) is 25.2 Å². The molecule has 0 fully saturated rings. The molecule has 2 aromatic rings. The number of hydrogen-bond donors (Lipinski definition) is 1. The molecular formula is C26H23F3N2O5. The number of nitrogens with two attached hydrogens (primary N) is 1. The number of halogens is 3. The maximum Gasteiger partial charge on any atom is 0.418 e. The van der Waals surface area contributed by atoms with E-state index in [2.05, 4.69) is 0 Å². The van der Waals surface area contributed by atoms with Gasteiger partial charge in [-0.2, -0.15) is 13.2 Å². The fraction of sp³-hybridized carbons (Fsp3) is 0.308. The predicted octanol–water partition coefficient (Wildman–Crippen LogP) is 4.78. The maximum atomic E-state index is 14.0. The maximum absolute atomic E-state index is 14.0. The van der Waals surface area contributed by atoms with Gasteiger partial charge in [-0.15, -0.1) is 0 Å². The van der Waals surface area contributed by atoms with Crippen molar-refractivity contribution in [1.82, 2.24) is 0 Å². The van der Waals surface area contributed by atoms with Crippen LogP contribution in [-0.2, 0) is 20.5 Å². The molecule has 5 rings (SSSR count). The highest BCUT2D eigenvalue weighted by Gasteiger charge is 2.45. The van der Waals surface area contributed by atoms with E-state index in [-0.39, 0.29) is 48.3 Å². The zero-order chi connectivity index (χ0) is 25.6. The van der Waals surface area contributed by atoms with Gasteiger partial charge < -0.3 is 19.9 Å². The predicted molar refractivity (Wildman–Crippen MR) is 123 cm³/mol. The Morgan fingerprint density at radius 2 is 1.89 bits per heavy atom. The van der Waals surface area contributed by atoms with E-state index in [0.717, 1.165) is 6.07 Å². The quantitative estimate of drug-likeness (QED) is 0.605. The number of rotatable bonds is 4. The number of alkyl halides is 3. The molecule has 0 saturated heterocycles. The van der Waals surface area contributed by atoms with E-state index in [1.54, 1.807) is 25.1 Å². The molecule has 7 nitrogen and oxygen atoms in total. The number of fused-ring (bicyclic) bond motifs is 1. The van der Waals surface area contributed by atoms with Crippen LogP contribution in [0, 0.1) is 0 Å². The molecule has 2 N–H and O–H groups in total. The Morgan fingerprint density at radius 3 is 2.64 bits per heavy atom. The molecule has 2 aliphatic heterocycles. The number of carbonyl (C=O) groups excluding carboxylic acids is 2. The average molecular weight is 500 g/mol. The smallest absolute Gasteiger partial charge is 0.418 e.